The molecule has 0 bridgehead atoms. The fourth-order valence-electron chi connectivity index (χ4n) is 4.69. The molecule has 1 aliphatic heterocycles. The van der Waals surface area contributed by atoms with Gasteiger partial charge in [0.05, 0.1) is 36.4 Å². The standard InChI is InChI=1S/C26H32F3N5O7SSi/c1-15-20(40-25(23(15)41-43(2,3)4)34-14-32-22-18(30)11-12-31-24(22)34)13-39-42(37,38)33-21(36)10-9-19(35)16-7-5-6-8-17(16)26(27,28)29/h5-8,11-12,14-15,20,23,25H,9-10,13H2,1-4H3,(H2,30,31)(H,33,36)/t15-,20-,23-,25-/m1/s1. The molecule has 3 heterocycles. The normalized spacial score (nSPS) is 21.3. The molecule has 234 valence electrons. The molecule has 1 aliphatic rings. The molecule has 1 aromatic carbocycles. The highest BCUT2D eigenvalue weighted by molar-refractivity contribution is 7.85. The van der Waals surface area contributed by atoms with Gasteiger partial charge in [0.1, 0.15) is 5.52 Å². The van der Waals surface area contributed by atoms with Crippen LogP contribution >= 0.6 is 0 Å². The van der Waals surface area contributed by atoms with Crippen LogP contribution in [0.1, 0.15) is 41.9 Å². The van der Waals surface area contributed by atoms with E-state index in [9.17, 15) is 31.2 Å². The second-order valence-electron chi connectivity index (χ2n) is 11.1. The van der Waals surface area contributed by atoms with Crippen molar-refractivity contribution in [1.29, 1.82) is 0 Å². The van der Waals surface area contributed by atoms with Gasteiger partial charge in [0, 0.05) is 30.5 Å². The summed E-state index contributed by atoms with van der Waals surface area (Å²) in [5.41, 5.74) is 5.62. The van der Waals surface area contributed by atoms with E-state index in [0.29, 0.717) is 16.9 Å². The van der Waals surface area contributed by atoms with Gasteiger partial charge in [-0.25, -0.2) is 14.7 Å². The summed E-state index contributed by atoms with van der Waals surface area (Å²) in [6, 6.07) is 5.76. The number of imidazole rings is 1. The lowest BCUT2D eigenvalue weighted by molar-refractivity contribution is -0.137. The molecule has 1 saturated heterocycles. The molecule has 0 radical (unpaired) electrons. The van der Waals surface area contributed by atoms with Gasteiger partial charge in [-0.15, -0.1) is 0 Å². The van der Waals surface area contributed by atoms with Crippen molar-refractivity contribution >= 4 is 47.2 Å². The van der Waals surface area contributed by atoms with Gasteiger partial charge in [0.2, 0.25) is 5.91 Å². The number of carbonyl (C=O) groups excluding carboxylic acids is 2. The zero-order chi connectivity index (χ0) is 31.7. The minimum absolute atomic E-state index is 0.368. The van der Waals surface area contributed by atoms with Crippen molar-refractivity contribution in [1.82, 2.24) is 19.3 Å². The molecule has 0 unspecified atom stereocenters. The Morgan fingerprint density at radius 1 is 1.14 bits per heavy atom. The zero-order valence-electron chi connectivity index (χ0n) is 23.8. The number of ketones is 1. The number of nitrogens with two attached hydrogens (primary N) is 1. The molecule has 1 amide bonds. The number of hydrogen-bond donors (Lipinski definition) is 2. The number of alkyl halides is 3. The Hall–Kier alpha value is -3.38. The molecule has 2 aromatic heterocycles. The second-order valence-corrected chi connectivity index (χ2v) is 16.9. The average Bonchev–Trinajstić information content (AvgIpc) is 3.46. The first-order chi connectivity index (χ1) is 20.0. The first kappa shape index (κ1) is 32.5. The number of rotatable bonds is 11. The van der Waals surface area contributed by atoms with Crippen LogP contribution in [0.15, 0.2) is 42.9 Å². The van der Waals surface area contributed by atoms with E-state index in [1.807, 2.05) is 26.6 Å². The summed E-state index contributed by atoms with van der Waals surface area (Å²) in [7, 11) is -6.78. The van der Waals surface area contributed by atoms with Gasteiger partial charge in [0.25, 0.3) is 0 Å². The number of Topliss-reactive ketones (excluding diaryl/α,β-unsaturated/α-hetero) is 1. The third kappa shape index (κ3) is 7.77. The number of ether oxygens (including phenoxy) is 1. The number of hydrogen-bond acceptors (Lipinski definition) is 10. The van der Waals surface area contributed by atoms with E-state index in [-0.39, 0.29) is 5.92 Å². The van der Waals surface area contributed by atoms with Crippen LogP contribution in [0.5, 0.6) is 0 Å². The van der Waals surface area contributed by atoms with Gasteiger partial charge in [-0.1, -0.05) is 25.1 Å². The van der Waals surface area contributed by atoms with Gasteiger partial charge < -0.3 is 14.9 Å². The zero-order valence-corrected chi connectivity index (χ0v) is 25.6. The number of pyridine rings is 1. The second kappa shape index (κ2) is 12.3. The number of nitrogens with one attached hydrogen (secondary N) is 1. The molecule has 3 N–H and O–H groups in total. The molecule has 1 fully saturated rings. The summed E-state index contributed by atoms with van der Waals surface area (Å²) >= 11 is 0. The van der Waals surface area contributed by atoms with Gasteiger partial charge in [-0.2, -0.15) is 21.6 Å². The summed E-state index contributed by atoms with van der Waals surface area (Å²) in [5, 5.41) is 0. The van der Waals surface area contributed by atoms with Crippen LogP contribution in [0.3, 0.4) is 0 Å². The lowest BCUT2D eigenvalue weighted by Crippen LogP contribution is -2.39. The van der Waals surface area contributed by atoms with Crippen molar-refractivity contribution in [3.63, 3.8) is 0 Å². The monoisotopic (exact) mass is 643 g/mol. The number of fused-ring (bicyclic) bond motifs is 1. The Bertz CT molecular complexity index is 1610. The largest absolute Gasteiger partial charge is 0.417 e. The number of nitrogens with zero attached hydrogens (tertiary/aromatic N) is 3. The maximum Gasteiger partial charge on any atom is 0.417 e. The predicted octanol–water partition coefficient (Wildman–Crippen LogP) is 3.83. The highest BCUT2D eigenvalue weighted by Crippen LogP contribution is 2.39. The molecule has 4 rings (SSSR count). The molecule has 17 heteroatoms. The van der Waals surface area contributed by atoms with Gasteiger partial charge in [-0.3, -0.25) is 18.3 Å². The summed E-state index contributed by atoms with van der Waals surface area (Å²) in [6.45, 7) is 7.32. The van der Waals surface area contributed by atoms with Crippen molar-refractivity contribution < 1.29 is 44.5 Å². The van der Waals surface area contributed by atoms with Gasteiger partial charge in [-0.05, 0) is 31.8 Å². The van der Waals surface area contributed by atoms with E-state index in [1.54, 1.807) is 15.4 Å². The van der Waals surface area contributed by atoms with Crippen LogP contribution in [0.2, 0.25) is 19.6 Å². The number of benzene rings is 1. The number of amides is 1. The fraction of sp³-hybridized carbons (Fsp3) is 0.462. The Balaban J connectivity index is 1.40. The number of halogens is 3. The molecule has 0 spiro atoms. The molecular weight excluding hydrogens is 611 g/mol. The number of anilines is 1. The Morgan fingerprint density at radius 2 is 1.84 bits per heavy atom. The first-order valence-electron chi connectivity index (χ1n) is 13.3. The van der Waals surface area contributed by atoms with Crippen molar-refractivity contribution in [3.8, 4) is 0 Å². The number of nitrogen functional groups attached to an aromatic ring is 1. The van der Waals surface area contributed by atoms with Crippen molar-refractivity contribution in [2.75, 3.05) is 12.3 Å². The minimum atomic E-state index is -4.77. The highest BCUT2D eigenvalue weighted by Gasteiger charge is 2.46. The van der Waals surface area contributed by atoms with E-state index in [0.717, 1.165) is 18.2 Å². The lowest BCUT2D eigenvalue weighted by Gasteiger charge is -2.29. The summed E-state index contributed by atoms with van der Waals surface area (Å²) < 4.78 is 85.7. The van der Waals surface area contributed by atoms with Crippen LogP contribution in [0, 0.1) is 5.92 Å². The number of carbonyl (C=O) groups is 2. The van der Waals surface area contributed by atoms with E-state index in [1.165, 1.54) is 18.6 Å². The first-order valence-corrected chi connectivity index (χ1v) is 18.1. The molecule has 4 atom stereocenters. The van der Waals surface area contributed by atoms with Crippen LogP contribution in [-0.4, -0.2) is 61.8 Å². The van der Waals surface area contributed by atoms with Crippen LogP contribution in [0.25, 0.3) is 11.2 Å². The SMILES string of the molecule is C[C@H]1[C@@H](O[Si](C)(C)C)[C@H](n2cnc3c(N)ccnc32)O[C@@H]1COS(=O)(=O)NC(=O)CCC(=O)c1ccccc1C(F)(F)F. The van der Waals surface area contributed by atoms with E-state index in [2.05, 4.69) is 9.97 Å². The quantitative estimate of drug-likeness (QED) is 0.232. The summed E-state index contributed by atoms with van der Waals surface area (Å²) in [6.07, 6.45) is -5.10. The Kier molecular flexibility index (Phi) is 9.31. The topological polar surface area (TPSA) is 165 Å². The maximum atomic E-state index is 13.2. The summed E-state index contributed by atoms with van der Waals surface area (Å²) in [5.74, 6) is -2.45. The summed E-state index contributed by atoms with van der Waals surface area (Å²) in [4.78, 5) is 33.3. The maximum absolute atomic E-state index is 13.2. The van der Waals surface area contributed by atoms with Crippen LogP contribution < -0.4 is 10.5 Å². The van der Waals surface area contributed by atoms with Crippen molar-refractivity contribution in [2.24, 2.45) is 5.92 Å². The predicted molar refractivity (Wildman–Crippen MR) is 151 cm³/mol. The molecule has 0 saturated carbocycles. The third-order valence-electron chi connectivity index (χ3n) is 6.69. The van der Waals surface area contributed by atoms with E-state index >= 15 is 0 Å². The Labute approximate surface area is 247 Å². The van der Waals surface area contributed by atoms with Crippen molar-refractivity contribution in [3.05, 3.63) is 54.0 Å². The average molecular weight is 644 g/mol. The molecule has 0 aliphatic carbocycles. The minimum Gasteiger partial charge on any atom is -0.410 e. The van der Waals surface area contributed by atoms with Crippen molar-refractivity contribution in [2.45, 2.75) is 64.0 Å². The fourth-order valence-corrected chi connectivity index (χ4v) is 6.59. The van der Waals surface area contributed by atoms with Gasteiger partial charge in [0.15, 0.2) is 26.0 Å². The molecule has 3 aromatic rings. The Morgan fingerprint density at radius 3 is 2.51 bits per heavy atom. The van der Waals surface area contributed by atoms with Gasteiger partial charge >= 0.3 is 16.5 Å². The third-order valence-corrected chi connectivity index (χ3v) is 8.60. The van der Waals surface area contributed by atoms with Crippen LogP contribution in [0.4, 0.5) is 18.9 Å². The smallest absolute Gasteiger partial charge is 0.410 e. The van der Waals surface area contributed by atoms with E-state index in [4.69, 9.17) is 19.1 Å². The molecule has 43 heavy (non-hydrogen) atoms. The van der Waals surface area contributed by atoms with E-state index < -0.39 is 85.5 Å². The molecular formula is C26H32F3N5O7SSi. The highest BCUT2D eigenvalue weighted by atomic mass is 32.2. The van der Waals surface area contributed by atoms with Crippen LogP contribution in [-0.2, 0) is 34.6 Å². The lowest BCUT2D eigenvalue weighted by atomic mass is 10.00. The molecule has 12 nitrogen and oxygen atoms in total. The number of aromatic nitrogens is 3.